The lowest BCUT2D eigenvalue weighted by Gasteiger charge is -2.11. The van der Waals surface area contributed by atoms with E-state index in [4.69, 9.17) is 0 Å². The predicted molar refractivity (Wildman–Crippen MR) is 83.1 cm³/mol. The minimum atomic E-state index is -0.0370. The molecule has 0 radical (unpaired) electrons. The quantitative estimate of drug-likeness (QED) is 0.848. The molecule has 0 saturated carbocycles. The number of nitrogens with one attached hydrogen (secondary N) is 2. The number of fused-ring (bicyclic) bond motifs is 1. The van der Waals surface area contributed by atoms with Gasteiger partial charge in [-0.15, -0.1) is 0 Å². The summed E-state index contributed by atoms with van der Waals surface area (Å²) in [5, 5.41) is 7.07. The summed E-state index contributed by atoms with van der Waals surface area (Å²) < 4.78 is 0. The molecule has 0 unspecified atom stereocenters. The molecule has 1 amide bonds. The first kappa shape index (κ1) is 14.3. The Labute approximate surface area is 119 Å². The number of hydrogen-bond donors (Lipinski definition) is 2. The lowest BCUT2D eigenvalue weighted by molar-refractivity contribution is 0.0955. The van der Waals surface area contributed by atoms with Gasteiger partial charge < -0.3 is 10.6 Å². The van der Waals surface area contributed by atoms with Gasteiger partial charge in [0.1, 0.15) is 5.82 Å². The summed E-state index contributed by atoms with van der Waals surface area (Å²) in [6.45, 7) is 5.68. The van der Waals surface area contributed by atoms with Crippen molar-refractivity contribution < 1.29 is 4.79 Å². The third kappa shape index (κ3) is 3.26. The molecule has 1 aromatic heterocycles. The number of amides is 1. The smallest absolute Gasteiger partial charge is 0.252 e. The molecule has 2 N–H and O–H groups in total. The van der Waals surface area contributed by atoms with Crippen molar-refractivity contribution in [1.82, 2.24) is 10.3 Å². The average molecular weight is 271 g/mol. The van der Waals surface area contributed by atoms with E-state index in [1.165, 1.54) is 0 Å². The zero-order valence-electron chi connectivity index (χ0n) is 12.1. The summed E-state index contributed by atoms with van der Waals surface area (Å²) in [5.41, 5.74) is 1.53. The lowest BCUT2D eigenvalue weighted by atomic mass is 10.1. The number of benzene rings is 1. The van der Waals surface area contributed by atoms with Crippen LogP contribution in [0.5, 0.6) is 0 Å². The van der Waals surface area contributed by atoms with E-state index < -0.39 is 0 Å². The van der Waals surface area contributed by atoms with E-state index in [2.05, 4.69) is 22.5 Å². The van der Waals surface area contributed by atoms with Gasteiger partial charge in [0.15, 0.2) is 0 Å². The van der Waals surface area contributed by atoms with Crippen molar-refractivity contribution in [3.63, 3.8) is 0 Å². The second kappa shape index (κ2) is 6.89. The number of pyridine rings is 1. The molecule has 1 aromatic carbocycles. The van der Waals surface area contributed by atoms with Crippen LogP contribution in [0, 0.1) is 0 Å². The van der Waals surface area contributed by atoms with Gasteiger partial charge in [-0.3, -0.25) is 4.79 Å². The molecule has 0 bridgehead atoms. The molecule has 2 aromatic rings. The molecule has 20 heavy (non-hydrogen) atoms. The van der Waals surface area contributed by atoms with E-state index >= 15 is 0 Å². The highest BCUT2D eigenvalue weighted by Crippen LogP contribution is 2.20. The average Bonchev–Trinajstić information content (AvgIpc) is 2.49. The van der Waals surface area contributed by atoms with Gasteiger partial charge in [-0.25, -0.2) is 4.98 Å². The Morgan fingerprint density at radius 3 is 2.65 bits per heavy atom. The Kier molecular flexibility index (Phi) is 4.93. The molecule has 0 aliphatic heterocycles. The molecule has 2 rings (SSSR count). The Balaban J connectivity index is 2.40. The Bertz CT molecular complexity index is 595. The van der Waals surface area contributed by atoms with Gasteiger partial charge in [0, 0.05) is 18.5 Å². The molecule has 0 aliphatic rings. The Hall–Kier alpha value is -2.10. The highest BCUT2D eigenvalue weighted by atomic mass is 16.1. The van der Waals surface area contributed by atoms with Crippen LogP contribution >= 0.6 is 0 Å². The largest absolute Gasteiger partial charge is 0.370 e. The summed E-state index contributed by atoms with van der Waals surface area (Å²) in [6, 6.07) is 9.57. The van der Waals surface area contributed by atoms with Gasteiger partial charge >= 0.3 is 0 Å². The summed E-state index contributed by atoms with van der Waals surface area (Å²) in [5.74, 6) is 0.720. The van der Waals surface area contributed by atoms with E-state index in [0.717, 1.165) is 36.1 Å². The van der Waals surface area contributed by atoms with Crippen LogP contribution < -0.4 is 10.6 Å². The molecule has 0 aliphatic carbocycles. The van der Waals surface area contributed by atoms with Crippen LogP contribution in [0.4, 0.5) is 5.82 Å². The van der Waals surface area contributed by atoms with Crippen LogP contribution in [0.15, 0.2) is 30.3 Å². The van der Waals surface area contributed by atoms with Gasteiger partial charge in [0.25, 0.3) is 5.91 Å². The SMILES string of the molecule is CCCNC(=O)c1cc(NCCC)nc2ccccc12. The number of anilines is 1. The highest BCUT2D eigenvalue weighted by Gasteiger charge is 2.12. The van der Waals surface area contributed by atoms with Crippen molar-refractivity contribution in [2.24, 2.45) is 0 Å². The second-order valence-corrected chi connectivity index (χ2v) is 4.75. The van der Waals surface area contributed by atoms with Gasteiger partial charge in [-0.05, 0) is 25.0 Å². The first-order valence-corrected chi connectivity index (χ1v) is 7.18. The van der Waals surface area contributed by atoms with E-state index in [1.807, 2.05) is 37.3 Å². The molecule has 0 spiro atoms. The Morgan fingerprint density at radius 2 is 1.90 bits per heavy atom. The van der Waals surface area contributed by atoms with E-state index in [0.29, 0.717) is 12.1 Å². The van der Waals surface area contributed by atoms with E-state index in [1.54, 1.807) is 0 Å². The fraction of sp³-hybridized carbons (Fsp3) is 0.375. The molecule has 0 saturated heterocycles. The van der Waals surface area contributed by atoms with Crippen molar-refractivity contribution in [3.8, 4) is 0 Å². The van der Waals surface area contributed by atoms with Gasteiger partial charge in [0.2, 0.25) is 0 Å². The van der Waals surface area contributed by atoms with Crippen molar-refractivity contribution in [3.05, 3.63) is 35.9 Å². The number of carbonyl (C=O) groups excluding carboxylic acids is 1. The number of aromatic nitrogens is 1. The fourth-order valence-electron chi connectivity index (χ4n) is 2.04. The molecular formula is C16H21N3O. The maximum atomic E-state index is 12.3. The molecule has 1 heterocycles. The first-order chi connectivity index (χ1) is 9.76. The van der Waals surface area contributed by atoms with Crippen LogP contribution in [-0.4, -0.2) is 24.0 Å². The topological polar surface area (TPSA) is 54.0 Å². The van der Waals surface area contributed by atoms with Crippen molar-refractivity contribution >= 4 is 22.6 Å². The maximum Gasteiger partial charge on any atom is 0.252 e. The number of hydrogen-bond acceptors (Lipinski definition) is 3. The summed E-state index contributed by atoms with van der Waals surface area (Å²) in [4.78, 5) is 16.8. The molecule has 4 nitrogen and oxygen atoms in total. The maximum absolute atomic E-state index is 12.3. The van der Waals surface area contributed by atoms with E-state index in [-0.39, 0.29) is 5.91 Å². The third-order valence-corrected chi connectivity index (χ3v) is 3.05. The predicted octanol–water partition coefficient (Wildman–Crippen LogP) is 3.20. The van der Waals surface area contributed by atoms with Crippen LogP contribution in [-0.2, 0) is 0 Å². The zero-order valence-corrected chi connectivity index (χ0v) is 12.1. The van der Waals surface area contributed by atoms with Crippen LogP contribution in [0.25, 0.3) is 10.9 Å². The number of para-hydroxylation sites is 1. The second-order valence-electron chi connectivity index (χ2n) is 4.75. The third-order valence-electron chi connectivity index (χ3n) is 3.05. The number of nitrogens with zero attached hydrogens (tertiary/aromatic N) is 1. The summed E-state index contributed by atoms with van der Waals surface area (Å²) in [6.07, 6.45) is 1.95. The summed E-state index contributed by atoms with van der Waals surface area (Å²) >= 11 is 0. The minimum absolute atomic E-state index is 0.0370. The fourth-order valence-corrected chi connectivity index (χ4v) is 2.04. The molecule has 4 heteroatoms. The normalized spacial score (nSPS) is 10.5. The molecule has 0 fully saturated rings. The minimum Gasteiger partial charge on any atom is -0.370 e. The summed E-state index contributed by atoms with van der Waals surface area (Å²) in [7, 11) is 0. The van der Waals surface area contributed by atoms with Gasteiger partial charge in [-0.1, -0.05) is 32.0 Å². The standard InChI is InChI=1S/C16H21N3O/c1-3-9-17-15-11-13(16(20)18-10-4-2)12-7-5-6-8-14(12)19-15/h5-8,11H,3-4,9-10H2,1-2H3,(H,17,19)(H,18,20). The molecule has 0 atom stereocenters. The van der Waals surface area contributed by atoms with Gasteiger partial charge in [0.05, 0.1) is 11.1 Å². The zero-order chi connectivity index (χ0) is 14.4. The Morgan fingerprint density at radius 1 is 1.15 bits per heavy atom. The first-order valence-electron chi connectivity index (χ1n) is 7.18. The van der Waals surface area contributed by atoms with Crippen LogP contribution in [0.1, 0.15) is 37.0 Å². The molecular weight excluding hydrogens is 250 g/mol. The number of rotatable bonds is 6. The van der Waals surface area contributed by atoms with Crippen LogP contribution in [0.3, 0.4) is 0 Å². The van der Waals surface area contributed by atoms with Gasteiger partial charge in [-0.2, -0.15) is 0 Å². The van der Waals surface area contributed by atoms with Crippen molar-refractivity contribution in [2.75, 3.05) is 18.4 Å². The van der Waals surface area contributed by atoms with Crippen molar-refractivity contribution in [1.29, 1.82) is 0 Å². The lowest BCUT2D eigenvalue weighted by Crippen LogP contribution is -2.24. The highest BCUT2D eigenvalue weighted by molar-refractivity contribution is 6.06. The monoisotopic (exact) mass is 271 g/mol. The number of carbonyl (C=O) groups is 1. The van der Waals surface area contributed by atoms with E-state index in [9.17, 15) is 4.79 Å². The van der Waals surface area contributed by atoms with Crippen molar-refractivity contribution in [2.45, 2.75) is 26.7 Å². The van der Waals surface area contributed by atoms with Crippen LogP contribution in [0.2, 0.25) is 0 Å². The molecule has 106 valence electrons.